The summed E-state index contributed by atoms with van der Waals surface area (Å²) in [6, 6.07) is 9.04. The van der Waals surface area contributed by atoms with E-state index in [1.807, 2.05) is 24.3 Å². The number of methoxy groups -OCH3 is 1. The molecule has 1 heterocycles. The summed E-state index contributed by atoms with van der Waals surface area (Å²) in [5, 5.41) is 9.50. The molecule has 0 atom stereocenters. The third-order valence-electron chi connectivity index (χ3n) is 2.26. The molecule has 0 fully saturated rings. The van der Waals surface area contributed by atoms with Gasteiger partial charge in [0.25, 0.3) is 0 Å². The van der Waals surface area contributed by atoms with Gasteiger partial charge in [-0.2, -0.15) is 0 Å². The second-order valence-corrected chi connectivity index (χ2v) is 3.39. The minimum Gasteiger partial charge on any atom is -0.506 e. The van der Waals surface area contributed by atoms with Crippen molar-refractivity contribution in [3.05, 3.63) is 48.3 Å². The molecule has 0 saturated heterocycles. The fourth-order valence-corrected chi connectivity index (χ4v) is 1.32. The van der Waals surface area contributed by atoms with Crippen LogP contribution in [0.2, 0.25) is 0 Å². The molecule has 2 rings (SSSR count). The van der Waals surface area contributed by atoms with Gasteiger partial charge in [-0.25, -0.2) is 0 Å². The van der Waals surface area contributed by atoms with Gasteiger partial charge in [0.15, 0.2) is 0 Å². The van der Waals surface area contributed by atoms with Gasteiger partial charge in [0.2, 0.25) is 0 Å². The Balaban J connectivity index is 2.17. The maximum Gasteiger partial charge on any atom is 0.142 e. The summed E-state index contributed by atoms with van der Waals surface area (Å²) in [5.74, 6) is 0.903. The summed E-state index contributed by atoms with van der Waals surface area (Å²) in [7, 11) is 1.62. The molecule has 17 heavy (non-hydrogen) atoms. The molecular weight excluding hydrogens is 216 g/mol. The van der Waals surface area contributed by atoms with E-state index in [1.165, 1.54) is 6.20 Å². The molecule has 0 aliphatic rings. The Bertz CT molecular complexity index is 521. The Hall–Kier alpha value is -2.36. The zero-order valence-corrected chi connectivity index (χ0v) is 9.37. The Morgan fingerprint density at radius 3 is 2.65 bits per heavy atom. The van der Waals surface area contributed by atoms with Crippen LogP contribution in [0.4, 0.5) is 5.69 Å². The standard InChI is InChI=1S/C13H12N2O2/c1-17-12-4-2-11(3-5-12)15-8-10-6-7-14-9-13(10)16/h2-9,16H,1H3. The lowest BCUT2D eigenvalue weighted by molar-refractivity contribution is 0.415. The predicted molar refractivity (Wildman–Crippen MR) is 66.1 cm³/mol. The largest absolute Gasteiger partial charge is 0.506 e. The van der Waals surface area contributed by atoms with Crippen LogP contribution < -0.4 is 4.74 Å². The van der Waals surface area contributed by atoms with Gasteiger partial charge in [0.1, 0.15) is 11.5 Å². The van der Waals surface area contributed by atoms with Crippen molar-refractivity contribution in [2.75, 3.05) is 7.11 Å². The second-order valence-electron chi connectivity index (χ2n) is 3.39. The van der Waals surface area contributed by atoms with E-state index in [1.54, 1.807) is 25.6 Å². The van der Waals surface area contributed by atoms with Crippen LogP contribution in [-0.4, -0.2) is 23.4 Å². The van der Waals surface area contributed by atoms with Crippen molar-refractivity contribution >= 4 is 11.9 Å². The van der Waals surface area contributed by atoms with Crippen LogP contribution >= 0.6 is 0 Å². The fourth-order valence-electron chi connectivity index (χ4n) is 1.32. The zero-order chi connectivity index (χ0) is 12.1. The molecule has 4 heteroatoms. The topological polar surface area (TPSA) is 54.7 Å². The monoisotopic (exact) mass is 228 g/mol. The molecule has 86 valence electrons. The van der Waals surface area contributed by atoms with E-state index in [4.69, 9.17) is 4.74 Å². The number of hydrogen-bond donors (Lipinski definition) is 1. The first kappa shape index (κ1) is 11.1. The maximum absolute atomic E-state index is 9.50. The first-order chi connectivity index (χ1) is 8.29. The smallest absolute Gasteiger partial charge is 0.142 e. The number of benzene rings is 1. The van der Waals surface area contributed by atoms with Crippen molar-refractivity contribution in [1.82, 2.24) is 4.98 Å². The molecule has 4 nitrogen and oxygen atoms in total. The van der Waals surface area contributed by atoms with Gasteiger partial charge in [-0.1, -0.05) is 0 Å². The number of hydrogen-bond acceptors (Lipinski definition) is 4. The SMILES string of the molecule is COc1ccc(N=Cc2ccncc2O)cc1. The Labute approximate surface area is 99.2 Å². The lowest BCUT2D eigenvalue weighted by Gasteiger charge is -1.99. The van der Waals surface area contributed by atoms with E-state index in [9.17, 15) is 5.11 Å². The highest BCUT2D eigenvalue weighted by Gasteiger charge is 1.96. The number of rotatable bonds is 3. The summed E-state index contributed by atoms with van der Waals surface area (Å²) >= 11 is 0. The fraction of sp³-hybridized carbons (Fsp3) is 0.0769. The number of pyridine rings is 1. The third kappa shape index (κ3) is 2.81. The molecule has 0 saturated carbocycles. The van der Waals surface area contributed by atoms with Gasteiger partial charge in [-0.15, -0.1) is 0 Å². The third-order valence-corrected chi connectivity index (χ3v) is 2.26. The summed E-state index contributed by atoms with van der Waals surface area (Å²) in [6.07, 6.45) is 4.59. The van der Waals surface area contributed by atoms with E-state index in [0.29, 0.717) is 5.56 Å². The van der Waals surface area contributed by atoms with Gasteiger partial charge in [-0.05, 0) is 30.3 Å². The van der Waals surface area contributed by atoms with Crippen molar-refractivity contribution in [2.24, 2.45) is 4.99 Å². The summed E-state index contributed by atoms with van der Waals surface area (Å²) in [6.45, 7) is 0. The number of nitrogens with zero attached hydrogens (tertiary/aromatic N) is 2. The number of aliphatic imine (C=N–C) groups is 1. The van der Waals surface area contributed by atoms with Crippen molar-refractivity contribution in [3.8, 4) is 11.5 Å². The van der Waals surface area contributed by atoms with E-state index >= 15 is 0 Å². The molecule has 0 amide bonds. The van der Waals surface area contributed by atoms with Crippen LogP contribution in [-0.2, 0) is 0 Å². The lowest BCUT2D eigenvalue weighted by atomic mass is 10.2. The molecule has 0 aliphatic carbocycles. The van der Waals surface area contributed by atoms with Gasteiger partial charge < -0.3 is 9.84 Å². The maximum atomic E-state index is 9.50. The molecule has 0 radical (unpaired) electrons. The average Bonchev–Trinajstić information content (AvgIpc) is 2.38. The number of aromatic nitrogens is 1. The van der Waals surface area contributed by atoms with Crippen LogP contribution in [0, 0.1) is 0 Å². The van der Waals surface area contributed by atoms with Crippen molar-refractivity contribution in [2.45, 2.75) is 0 Å². The Kier molecular flexibility index (Phi) is 3.35. The van der Waals surface area contributed by atoms with Crippen LogP contribution in [0.1, 0.15) is 5.56 Å². The number of aromatic hydroxyl groups is 1. The van der Waals surface area contributed by atoms with Crippen molar-refractivity contribution < 1.29 is 9.84 Å². The van der Waals surface area contributed by atoms with Crippen LogP contribution in [0.3, 0.4) is 0 Å². The Morgan fingerprint density at radius 1 is 1.24 bits per heavy atom. The highest BCUT2D eigenvalue weighted by molar-refractivity contribution is 5.84. The van der Waals surface area contributed by atoms with Crippen LogP contribution in [0.25, 0.3) is 0 Å². The molecule has 1 aromatic heterocycles. The summed E-state index contributed by atoms with van der Waals surface area (Å²) in [4.78, 5) is 8.04. The van der Waals surface area contributed by atoms with E-state index in [-0.39, 0.29) is 5.75 Å². The van der Waals surface area contributed by atoms with Gasteiger partial charge in [0.05, 0.1) is 19.0 Å². The second kappa shape index (κ2) is 5.12. The van der Waals surface area contributed by atoms with Crippen molar-refractivity contribution in [1.29, 1.82) is 0 Å². The summed E-state index contributed by atoms with van der Waals surface area (Å²) < 4.78 is 5.05. The van der Waals surface area contributed by atoms with Crippen LogP contribution in [0.5, 0.6) is 11.5 Å². The van der Waals surface area contributed by atoms with E-state index < -0.39 is 0 Å². The van der Waals surface area contributed by atoms with Gasteiger partial charge in [-0.3, -0.25) is 9.98 Å². The molecule has 0 aliphatic heterocycles. The normalized spacial score (nSPS) is 10.6. The zero-order valence-electron chi connectivity index (χ0n) is 9.37. The van der Waals surface area contributed by atoms with E-state index in [2.05, 4.69) is 9.98 Å². The average molecular weight is 228 g/mol. The molecule has 1 aromatic carbocycles. The highest BCUT2D eigenvalue weighted by Crippen LogP contribution is 2.18. The van der Waals surface area contributed by atoms with Crippen molar-refractivity contribution in [3.63, 3.8) is 0 Å². The van der Waals surface area contributed by atoms with E-state index in [0.717, 1.165) is 11.4 Å². The predicted octanol–water partition coefficient (Wildman–Crippen LogP) is 2.55. The highest BCUT2D eigenvalue weighted by atomic mass is 16.5. The molecule has 2 aromatic rings. The quantitative estimate of drug-likeness (QED) is 0.821. The Morgan fingerprint density at radius 2 is 2.00 bits per heavy atom. The van der Waals surface area contributed by atoms with Crippen LogP contribution in [0.15, 0.2) is 47.7 Å². The summed E-state index contributed by atoms with van der Waals surface area (Å²) in [5.41, 5.74) is 1.43. The van der Waals surface area contributed by atoms with Gasteiger partial charge in [0, 0.05) is 18.0 Å². The minimum absolute atomic E-state index is 0.116. The first-order valence-corrected chi connectivity index (χ1v) is 5.10. The molecule has 1 N–H and O–H groups in total. The molecule has 0 unspecified atom stereocenters. The lowest BCUT2D eigenvalue weighted by Crippen LogP contribution is -1.83. The number of ether oxygens (including phenoxy) is 1. The molecule has 0 spiro atoms. The minimum atomic E-state index is 0.116. The molecule has 0 bridgehead atoms. The molecular formula is C13H12N2O2. The first-order valence-electron chi connectivity index (χ1n) is 5.10. The van der Waals surface area contributed by atoms with Gasteiger partial charge >= 0.3 is 0 Å².